The lowest BCUT2D eigenvalue weighted by Gasteiger charge is -2.40. The number of nitrogens with one attached hydrogen (secondary N) is 2. The maximum absolute atomic E-state index is 11.6. The fraction of sp³-hybridized carbons (Fsp3) is 0.923. The van der Waals surface area contributed by atoms with Gasteiger partial charge in [-0.05, 0) is 26.3 Å². The maximum atomic E-state index is 11.6. The molecule has 2 N–H and O–H groups in total. The van der Waals surface area contributed by atoms with Gasteiger partial charge in [0.2, 0.25) is 5.91 Å². The monoisotopic (exact) mass is 257 g/mol. The predicted octanol–water partition coefficient (Wildman–Crippen LogP) is 0.0673. The van der Waals surface area contributed by atoms with Crippen molar-refractivity contribution in [1.82, 2.24) is 15.5 Å². The minimum Gasteiger partial charge on any atom is -0.383 e. The number of likely N-dealkylation sites (tertiary alicyclic amines) is 1. The molecule has 106 valence electrons. The van der Waals surface area contributed by atoms with Crippen LogP contribution in [0, 0.1) is 5.92 Å². The van der Waals surface area contributed by atoms with E-state index < -0.39 is 0 Å². The molecule has 0 spiro atoms. The van der Waals surface area contributed by atoms with Crippen LogP contribution in [-0.4, -0.2) is 63.3 Å². The van der Waals surface area contributed by atoms with E-state index in [2.05, 4.69) is 36.4 Å². The molecule has 1 fully saturated rings. The Labute approximate surface area is 110 Å². The van der Waals surface area contributed by atoms with Gasteiger partial charge in [-0.25, -0.2) is 0 Å². The zero-order valence-corrected chi connectivity index (χ0v) is 12.0. The summed E-state index contributed by atoms with van der Waals surface area (Å²) in [5.41, 5.74) is 0. The normalized spacial score (nSPS) is 29.2. The number of hydrogen-bond donors (Lipinski definition) is 2. The molecule has 0 aromatic rings. The van der Waals surface area contributed by atoms with E-state index in [4.69, 9.17) is 4.74 Å². The Morgan fingerprint density at radius 2 is 2.17 bits per heavy atom. The lowest BCUT2D eigenvalue weighted by atomic mass is 9.90. The molecule has 3 atom stereocenters. The van der Waals surface area contributed by atoms with Crippen LogP contribution in [0.5, 0.6) is 0 Å². The zero-order valence-electron chi connectivity index (χ0n) is 12.0. The van der Waals surface area contributed by atoms with Gasteiger partial charge in [0.15, 0.2) is 0 Å². The van der Waals surface area contributed by atoms with E-state index in [1.54, 1.807) is 7.11 Å². The van der Waals surface area contributed by atoms with Crippen LogP contribution in [0.1, 0.15) is 20.3 Å². The first-order valence-electron chi connectivity index (χ1n) is 6.73. The summed E-state index contributed by atoms with van der Waals surface area (Å²) in [5.74, 6) is 0.629. The van der Waals surface area contributed by atoms with Crippen molar-refractivity contribution >= 4 is 5.91 Å². The van der Waals surface area contributed by atoms with Crippen LogP contribution in [0.15, 0.2) is 0 Å². The fourth-order valence-corrected chi connectivity index (χ4v) is 2.40. The van der Waals surface area contributed by atoms with Crippen LogP contribution in [0.2, 0.25) is 0 Å². The third-order valence-corrected chi connectivity index (χ3v) is 3.76. The first-order chi connectivity index (χ1) is 8.54. The number of nitrogens with zero attached hydrogens (tertiary/aromatic N) is 1. The molecule has 0 radical (unpaired) electrons. The summed E-state index contributed by atoms with van der Waals surface area (Å²) in [6.45, 7) is 7.10. The number of amides is 1. The summed E-state index contributed by atoms with van der Waals surface area (Å²) in [6, 6.07) is 1.01. The van der Waals surface area contributed by atoms with Gasteiger partial charge in [-0.1, -0.05) is 6.92 Å². The standard InChI is InChI=1S/C13H27N3O2/c1-10-9-16(3)11(2)7-12(10)15-8-13(17)14-5-6-18-4/h10-12,15H,5-9H2,1-4H3,(H,14,17). The second kappa shape index (κ2) is 7.71. The van der Waals surface area contributed by atoms with Crippen LogP contribution in [-0.2, 0) is 9.53 Å². The minimum absolute atomic E-state index is 0.0471. The number of ether oxygens (including phenoxy) is 1. The molecule has 1 amide bonds. The Morgan fingerprint density at radius 3 is 2.83 bits per heavy atom. The number of carbonyl (C=O) groups is 1. The Morgan fingerprint density at radius 1 is 1.44 bits per heavy atom. The van der Waals surface area contributed by atoms with Gasteiger partial charge in [-0.15, -0.1) is 0 Å². The molecule has 1 heterocycles. The van der Waals surface area contributed by atoms with Gasteiger partial charge in [-0.2, -0.15) is 0 Å². The number of rotatable bonds is 6. The summed E-state index contributed by atoms with van der Waals surface area (Å²) in [4.78, 5) is 13.9. The molecule has 5 nitrogen and oxygen atoms in total. The van der Waals surface area contributed by atoms with E-state index >= 15 is 0 Å². The molecule has 0 saturated carbocycles. The van der Waals surface area contributed by atoms with Gasteiger partial charge in [0, 0.05) is 32.3 Å². The molecule has 3 unspecified atom stereocenters. The fourth-order valence-electron chi connectivity index (χ4n) is 2.40. The molecule has 1 aliphatic heterocycles. The highest BCUT2D eigenvalue weighted by atomic mass is 16.5. The maximum Gasteiger partial charge on any atom is 0.234 e. The van der Waals surface area contributed by atoms with Crippen LogP contribution in [0.3, 0.4) is 0 Å². The molecular formula is C13H27N3O2. The largest absolute Gasteiger partial charge is 0.383 e. The van der Waals surface area contributed by atoms with Crippen molar-refractivity contribution < 1.29 is 9.53 Å². The molecule has 1 aliphatic rings. The van der Waals surface area contributed by atoms with E-state index in [-0.39, 0.29) is 5.91 Å². The summed E-state index contributed by atoms with van der Waals surface area (Å²) < 4.78 is 4.89. The average molecular weight is 257 g/mol. The average Bonchev–Trinajstić information content (AvgIpc) is 2.32. The number of piperidine rings is 1. The Hall–Kier alpha value is -0.650. The molecule has 0 aromatic carbocycles. The highest BCUT2D eigenvalue weighted by Crippen LogP contribution is 2.20. The second-order valence-electron chi connectivity index (χ2n) is 5.33. The van der Waals surface area contributed by atoms with E-state index in [9.17, 15) is 4.79 Å². The van der Waals surface area contributed by atoms with Crippen molar-refractivity contribution in [1.29, 1.82) is 0 Å². The highest BCUT2D eigenvalue weighted by molar-refractivity contribution is 5.77. The van der Waals surface area contributed by atoms with Crippen LogP contribution in [0.25, 0.3) is 0 Å². The lowest BCUT2D eigenvalue weighted by Crippen LogP contribution is -2.52. The summed E-state index contributed by atoms with van der Waals surface area (Å²) >= 11 is 0. The van der Waals surface area contributed by atoms with E-state index in [1.165, 1.54) is 0 Å². The second-order valence-corrected chi connectivity index (χ2v) is 5.33. The molecule has 1 rings (SSSR count). The zero-order chi connectivity index (χ0) is 13.5. The Bertz CT molecular complexity index is 261. The van der Waals surface area contributed by atoms with Gasteiger partial charge in [0.1, 0.15) is 0 Å². The summed E-state index contributed by atoms with van der Waals surface area (Å²) in [6.07, 6.45) is 1.10. The van der Waals surface area contributed by atoms with Crippen molar-refractivity contribution in [3.8, 4) is 0 Å². The molecule has 5 heteroatoms. The van der Waals surface area contributed by atoms with Crippen LogP contribution < -0.4 is 10.6 Å². The highest BCUT2D eigenvalue weighted by Gasteiger charge is 2.28. The quantitative estimate of drug-likeness (QED) is 0.661. The van der Waals surface area contributed by atoms with E-state index in [0.717, 1.165) is 13.0 Å². The van der Waals surface area contributed by atoms with Gasteiger partial charge in [0.05, 0.1) is 13.2 Å². The molecule has 0 aromatic heterocycles. The van der Waals surface area contributed by atoms with Gasteiger partial charge < -0.3 is 20.3 Å². The molecule has 0 bridgehead atoms. The number of carbonyl (C=O) groups excluding carboxylic acids is 1. The number of methoxy groups -OCH3 is 1. The van der Waals surface area contributed by atoms with E-state index in [0.29, 0.717) is 37.7 Å². The van der Waals surface area contributed by atoms with Crippen molar-refractivity contribution in [3.05, 3.63) is 0 Å². The minimum atomic E-state index is 0.0471. The van der Waals surface area contributed by atoms with Crippen LogP contribution in [0.4, 0.5) is 0 Å². The third-order valence-electron chi connectivity index (χ3n) is 3.76. The topological polar surface area (TPSA) is 53.6 Å². The van der Waals surface area contributed by atoms with Gasteiger partial charge in [-0.3, -0.25) is 4.79 Å². The van der Waals surface area contributed by atoms with Crippen molar-refractivity contribution in [2.45, 2.75) is 32.4 Å². The first-order valence-corrected chi connectivity index (χ1v) is 6.73. The van der Waals surface area contributed by atoms with E-state index in [1.807, 2.05) is 0 Å². The summed E-state index contributed by atoms with van der Waals surface area (Å²) in [7, 11) is 3.79. The Kier molecular flexibility index (Phi) is 6.60. The lowest BCUT2D eigenvalue weighted by molar-refractivity contribution is -0.120. The smallest absolute Gasteiger partial charge is 0.234 e. The first kappa shape index (κ1) is 15.4. The SMILES string of the molecule is COCCNC(=O)CNC1CC(C)N(C)CC1C. The molecule has 1 saturated heterocycles. The molecule has 18 heavy (non-hydrogen) atoms. The van der Waals surface area contributed by atoms with Crippen molar-refractivity contribution in [3.63, 3.8) is 0 Å². The van der Waals surface area contributed by atoms with Crippen molar-refractivity contribution in [2.24, 2.45) is 5.92 Å². The predicted molar refractivity (Wildman–Crippen MR) is 72.5 cm³/mol. The Balaban J connectivity index is 2.23. The molecule has 0 aliphatic carbocycles. The third kappa shape index (κ3) is 4.92. The summed E-state index contributed by atoms with van der Waals surface area (Å²) in [5, 5.41) is 6.19. The van der Waals surface area contributed by atoms with Gasteiger partial charge in [0.25, 0.3) is 0 Å². The molecular weight excluding hydrogens is 230 g/mol. The van der Waals surface area contributed by atoms with Gasteiger partial charge >= 0.3 is 0 Å². The number of hydrogen-bond acceptors (Lipinski definition) is 4. The van der Waals surface area contributed by atoms with Crippen LogP contribution >= 0.6 is 0 Å². The van der Waals surface area contributed by atoms with Crippen molar-refractivity contribution in [2.75, 3.05) is 40.4 Å².